The van der Waals surface area contributed by atoms with E-state index in [0.29, 0.717) is 42.2 Å². The molecule has 0 unspecified atom stereocenters. The van der Waals surface area contributed by atoms with Crippen molar-refractivity contribution in [3.8, 4) is 11.5 Å². The molecule has 2 heterocycles. The summed E-state index contributed by atoms with van der Waals surface area (Å²) in [6, 6.07) is 5.99. The Labute approximate surface area is 126 Å². The van der Waals surface area contributed by atoms with Gasteiger partial charge in [0, 0.05) is 17.7 Å². The molecule has 0 saturated carbocycles. The van der Waals surface area contributed by atoms with E-state index in [2.05, 4.69) is 10.1 Å². The van der Waals surface area contributed by atoms with Crippen LogP contribution < -0.4 is 0 Å². The van der Waals surface area contributed by atoms with Crippen molar-refractivity contribution in [2.24, 2.45) is 0 Å². The number of rotatable bonds is 3. The van der Waals surface area contributed by atoms with Crippen LogP contribution in [-0.4, -0.2) is 44.6 Å². The summed E-state index contributed by atoms with van der Waals surface area (Å²) in [4.78, 5) is 29.1. The summed E-state index contributed by atoms with van der Waals surface area (Å²) in [5, 5.41) is 12.9. The Bertz CT molecular complexity index is 708. The molecule has 1 aliphatic rings. The first-order valence-electron chi connectivity index (χ1n) is 7.01. The summed E-state index contributed by atoms with van der Waals surface area (Å²) in [5.74, 6) is -0.292. The quantitative estimate of drug-likeness (QED) is 0.927. The fourth-order valence-corrected chi connectivity index (χ4v) is 2.60. The van der Waals surface area contributed by atoms with Crippen molar-refractivity contribution < 1.29 is 19.2 Å². The standard InChI is InChI=1S/C15H15N3O4/c1-9-16-13(22-17-9)10-4-6-11(7-5-10)14(19)18-8-2-3-12(18)15(20)21/h4-7,12H,2-3,8H2,1H3,(H,20,21)/t12-/m1/s1. The van der Waals surface area contributed by atoms with Gasteiger partial charge in [-0.05, 0) is 44.0 Å². The van der Waals surface area contributed by atoms with Gasteiger partial charge in [0.25, 0.3) is 11.8 Å². The molecule has 0 aliphatic carbocycles. The summed E-state index contributed by atoms with van der Waals surface area (Å²) in [6.07, 6.45) is 1.21. The number of aryl methyl sites for hydroxylation is 1. The second-order valence-corrected chi connectivity index (χ2v) is 5.22. The first kappa shape index (κ1) is 14.2. The molecule has 1 aromatic heterocycles. The molecule has 1 saturated heterocycles. The molecule has 1 fully saturated rings. The molecule has 2 aromatic rings. The van der Waals surface area contributed by atoms with Crippen molar-refractivity contribution >= 4 is 11.9 Å². The Morgan fingerprint density at radius 2 is 2.05 bits per heavy atom. The number of likely N-dealkylation sites (tertiary alicyclic amines) is 1. The third-order valence-electron chi connectivity index (χ3n) is 3.71. The van der Waals surface area contributed by atoms with E-state index in [9.17, 15) is 9.59 Å². The molecule has 7 heteroatoms. The van der Waals surface area contributed by atoms with E-state index in [4.69, 9.17) is 9.63 Å². The Morgan fingerprint density at radius 3 is 2.64 bits per heavy atom. The summed E-state index contributed by atoms with van der Waals surface area (Å²) >= 11 is 0. The number of nitrogens with zero attached hydrogens (tertiary/aromatic N) is 3. The third kappa shape index (κ3) is 2.57. The van der Waals surface area contributed by atoms with E-state index in [1.165, 1.54) is 4.90 Å². The van der Waals surface area contributed by atoms with E-state index in [1.54, 1.807) is 31.2 Å². The van der Waals surface area contributed by atoms with Gasteiger partial charge in [-0.15, -0.1) is 0 Å². The Kier molecular flexibility index (Phi) is 3.62. The first-order valence-corrected chi connectivity index (χ1v) is 7.01. The van der Waals surface area contributed by atoms with Crippen LogP contribution in [0.25, 0.3) is 11.5 Å². The minimum Gasteiger partial charge on any atom is -0.480 e. The number of carbonyl (C=O) groups excluding carboxylic acids is 1. The van der Waals surface area contributed by atoms with Gasteiger partial charge in [0.15, 0.2) is 5.82 Å². The minimum absolute atomic E-state index is 0.266. The van der Waals surface area contributed by atoms with Crippen molar-refractivity contribution in [1.29, 1.82) is 0 Å². The van der Waals surface area contributed by atoms with Crippen LogP contribution in [0, 0.1) is 6.92 Å². The van der Waals surface area contributed by atoms with Crippen LogP contribution in [0.15, 0.2) is 28.8 Å². The van der Waals surface area contributed by atoms with Crippen LogP contribution >= 0.6 is 0 Å². The van der Waals surface area contributed by atoms with Crippen molar-refractivity contribution in [2.45, 2.75) is 25.8 Å². The lowest BCUT2D eigenvalue weighted by molar-refractivity contribution is -0.141. The zero-order valence-electron chi connectivity index (χ0n) is 12.0. The maximum absolute atomic E-state index is 12.4. The average molecular weight is 301 g/mol. The van der Waals surface area contributed by atoms with Gasteiger partial charge in [0.2, 0.25) is 0 Å². The lowest BCUT2D eigenvalue weighted by Gasteiger charge is -2.21. The number of aliphatic carboxylic acids is 1. The fraction of sp³-hybridized carbons (Fsp3) is 0.333. The average Bonchev–Trinajstić information content (AvgIpc) is 3.15. The van der Waals surface area contributed by atoms with Crippen molar-refractivity contribution in [3.05, 3.63) is 35.7 Å². The molecule has 0 radical (unpaired) electrons. The van der Waals surface area contributed by atoms with Gasteiger partial charge in [-0.1, -0.05) is 5.16 Å². The molecule has 7 nitrogen and oxygen atoms in total. The fourth-order valence-electron chi connectivity index (χ4n) is 2.60. The highest BCUT2D eigenvalue weighted by Gasteiger charge is 2.34. The van der Waals surface area contributed by atoms with Crippen molar-refractivity contribution in [2.75, 3.05) is 6.54 Å². The van der Waals surface area contributed by atoms with E-state index < -0.39 is 12.0 Å². The van der Waals surface area contributed by atoms with Gasteiger partial charge in [-0.2, -0.15) is 4.98 Å². The maximum atomic E-state index is 12.4. The number of benzene rings is 1. The molecular weight excluding hydrogens is 286 g/mol. The minimum atomic E-state index is -0.955. The highest BCUT2D eigenvalue weighted by molar-refractivity contribution is 5.97. The molecule has 22 heavy (non-hydrogen) atoms. The molecule has 1 N–H and O–H groups in total. The van der Waals surface area contributed by atoms with Crippen LogP contribution in [0.5, 0.6) is 0 Å². The van der Waals surface area contributed by atoms with E-state index in [0.717, 1.165) is 0 Å². The summed E-state index contributed by atoms with van der Waals surface area (Å²) in [6.45, 7) is 2.20. The number of carbonyl (C=O) groups is 2. The highest BCUT2D eigenvalue weighted by atomic mass is 16.5. The summed E-state index contributed by atoms with van der Waals surface area (Å²) in [7, 11) is 0. The molecule has 3 rings (SSSR count). The van der Waals surface area contributed by atoms with E-state index in [1.807, 2.05) is 0 Å². The lowest BCUT2D eigenvalue weighted by Crippen LogP contribution is -2.40. The Hall–Kier alpha value is -2.70. The second kappa shape index (κ2) is 5.59. The number of hydrogen-bond donors (Lipinski definition) is 1. The monoisotopic (exact) mass is 301 g/mol. The number of hydrogen-bond acceptors (Lipinski definition) is 5. The van der Waals surface area contributed by atoms with Gasteiger partial charge in [0.05, 0.1) is 0 Å². The van der Waals surface area contributed by atoms with Gasteiger partial charge in [-0.25, -0.2) is 4.79 Å². The second-order valence-electron chi connectivity index (χ2n) is 5.22. The molecule has 1 amide bonds. The number of amides is 1. The van der Waals surface area contributed by atoms with Crippen LogP contribution in [0.3, 0.4) is 0 Å². The predicted octanol–water partition coefficient (Wildman–Crippen LogP) is 1.73. The van der Waals surface area contributed by atoms with E-state index >= 15 is 0 Å². The molecule has 0 bridgehead atoms. The highest BCUT2D eigenvalue weighted by Crippen LogP contribution is 2.22. The smallest absolute Gasteiger partial charge is 0.326 e. The molecule has 1 atom stereocenters. The lowest BCUT2D eigenvalue weighted by atomic mass is 10.1. The van der Waals surface area contributed by atoms with Gasteiger partial charge < -0.3 is 14.5 Å². The number of aromatic nitrogens is 2. The van der Waals surface area contributed by atoms with Gasteiger partial charge >= 0.3 is 5.97 Å². The van der Waals surface area contributed by atoms with Crippen LogP contribution in [-0.2, 0) is 4.79 Å². The topological polar surface area (TPSA) is 96.5 Å². The summed E-state index contributed by atoms with van der Waals surface area (Å²) < 4.78 is 5.06. The molecule has 114 valence electrons. The normalized spacial score (nSPS) is 17.7. The van der Waals surface area contributed by atoms with Crippen LogP contribution in [0.4, 0.5) is 0 Å². The molecule has 0 spiro atoms. The van der Waals surface area contributed by atoms with Crippen LogP contribution in [0.1, 0.15) is 29.0 Å². The third-order valence-corrected chi connectivity index (χ3v) is 3.71. The van der Waals surface area contributed by atoms with Gasteiger partial charge in [-0.3, -0.25) is 4.79 Å². The number of carboxylic acids is 1. The SMILES string of the molecule is Cc1noc(-c2ccc(C(=O)N3CCC[C@@H]3C(=O)O)cc2)n1. The number of carboxylic acid groups (broad SMARTS) is 1. The largest absolute Gasteiger partial charge is 0.480 e. The molecular formula is C15H15N3O4. The van der Waals surface area contributed by atoms with Crippen molar-refractivity contribution in [1.82, 2.24) is 15.0 Å². The predicted molar refractivity (Wildman–Crippen MR) is 76.2 cm³/mol. The Morgan fingerprint density at radius 1 is 1.32 bits per heavy atom. The van der Waals surface area contributed by atoms with Crippen LogP contribution in [0.2, 0.25) is 0 Å². The molecule has 1 aliphatic heterocycles. The summed E-state index contributed by atoms with van der Waals surface area (Å²) in [5.41, 5.74) is 1.17. The van der Waals surface area contributed by atoms with Gasteiger partial charge in [0.1, 0.15) is 6.04 Å². The Balaban J connectivity index is 1.80. The maximum Gasteiger partial charge on any atom is 0.326 e. The molecule has 1 aromatic carbocycles. The zero-order chi connectivity index (χ0) is 15.7. The van der Waals surface area contributed by atoms with E-state index in [-0.39, 0.29) is 5.91 Å². The van der Waals surface area contributed by atoms with Crippen molar-refractivity contribution in [3.63, 3.8) is 0 Å². The first-order chi connectivity index (χ1) is 10.6. The zero-order valence-corrected chi connectivity index (χ0v) is 12.0.